The van der Waals surface area contributed by atoms with Crippen LogP contribution in [-0.2, 0) is 33.2 Å². The van der Waals surface area contributed by atoms with Gasteiger partial charge >= 0.3 is 5.97 Å². The van der Waals surface area contributed by atoms with E-state index in [1.54, 1.807) is 0 Å². The maximum atomic E-state index is 13.0. The Labute approximate surface area is 392 Å². The minimum Gasteiger partial charge on any atom is -0.457 e. The van der Waals surface area contributed by atoms with Gasteiger partial charge < -0.3 is 64.2 Å². The summed E-state index contributed by atoms with van der Waals surface area (Å²) in [5, 5.41) is 72.1. The molecule has 14 nitrogen and oxygen atoms in total. The Bertz CT molecular complexity index is 1170. The van der Waals surface area contributed by atoms with Crippen LogP contribution in [0, 0.1) is 0 Å². The zero-order chi connectivity index (χ0) is 47.3. The van der Waals surface area contributed by atoms with Crippen LogP contribution in [0.25, 0.3) is 0 Å². The lowest BCUT2D eigenvalue weighted by Gasteiger charge is -2.42. The number of rotatable bonds is 41. The van der Waals surface area contributed by atoms with Crippen molar-refractivity contribution in [3.63, 3.8) is 0 Å². The molecule has 0 amide bonds. The summed E-state index contributed by atoms with van der Waals surface area (Å²) in [7, 11) is 0. The van der Waals surface area contributed by atoms with E-state index in [-0.39, 0.29) is 25.6 Å². The molecule has 0 spiro atoms. The smallest absolute Gasteiger partial charge is 0.306 e. The highest BCUT2D eigenvalue weighted by Crippen LogP contribution is 2.26. The van der Waals surface area contributed by atoms with E-state index < -0.39 is 80.7 Å². The van der Waals surface area contributed by atoms with E-state index in [9.17, 15) is 40.5 Å². The zero-order valence-electron chi connectivity index (χ0n) is 40.5. The molecule has 0 aromatic rings. The molecule has 2 rings (SSSR count). The van der Waals surface area contributed by atoms with Crippen LogP contribution < -0.4 is 0 Å². The molecule has 14 heteroatoms. The third kappa shape index (κ3) is 27.3. The van der Waals surface area contributed by atoms with Gasteiger partial charge in [-0.05, 0) is 44.9 Å². The number of carbonyl (C=O) groups is 1. The van der Waals surface area contributed by atoms with Crippen molar-refractivity contribution < 1.29 is 69.0 Å². The first-order valence-corrected chi connectivity index (χ1v) is 25.9. The van der Waals surface area contributed by atoms with Gasteiger partial charge in [-0.15, -0.1) is 0 Å². The van der Waals surface area contributed by atoms with Gasteiger partial charge in [0.15, 0.2) is 12.6 Å². The van der Waals surface area contributed by atoms with Crippen molar-refractivity contribution in [2.24, 2.45) is 0 Å². The molecule has 0 aromatic carbocycles. The Morgan fingerprint density at radius 1 is 0.508 bits per heavy atom. The van der Waals surface area contributed by atoms with E-state index in [1.165, 1.54) is 122 Å². The predicted molar refractivity (Wildman–Crippen MR) is 252 cm³/mol. The molecule has 2 aliphatic rings. The van der Waals surface area contributed by atoms with E-state index in [1.807, 2.05) is 0 Å². The predicted octanol–water partition coefficient (Wildman–Crippen LogP) is 7.63. The summed E-state index contributed by atoms with van der Waals surface area (Å²) in [4.78, 5) is 13.0. The number of hydrogen-bond donors (Lipinski definition) is 7. The Kier molecular flexibility index (Phi) is 36.1. The largest absolute Gasteiger partial charge is 0.457 e. The van der Waals surface area contributed by atoms with Crippen molar-refractivity contribution in [3.8, 4) is 0 Å². The van der Waals surface area contributed by atoms with E-state index in [0.717, 1.165) is 44.9 Å². The average molecular weight is 931 g/mol. The standard InChI is InChI=1S/C51H94O14/c1-3-5-7-9-11-13-15-16-17-18-19-20-21-22-23-25-27-29-31-33-35-60-37-40(63-43(53)34-32-30-28-26-24-14-12-10-8-6-4-2)38-61-50-49(59)47(57)45(55)42(65-50)39-62-51-48(58)46(56)44(54)41(36-52)64-51/h11,13,16-17,40-42,44-52,54-59H,3-10,12,14-15,18-39H2,1-2H3/b13-11-,17-16-. The van der Waals surface area contributed by atoms with Crippen molar-refractivity contribution in [2.45, 2.75) is 261 Å². The molecule has 0 aromatic heterocycles. The summed E-state index contributed by atoms with van der Waals surface area (Å²) in [6.45, 7) is 3.66. The normalized spacial score (nSPS) is 26.7. The van der Waals surface area contributed by atoms with Crippen molar-refractivity contribution in [1.29, 1.82) is 0 Å². The quantitative estimate of drug-likeness (QED) is 0.0179. The number of unbranched alkanes of at least 4 members (excludes halogenated alkanes) is 23. The minimum absolute atomic E-state index is 0.0631. The highest BCUT2D eigenvalue weighted by atomic mass is 16.7. The Morgan fingerprint density at radius 3 is 1.51 bits per heavy atom. The number of aliphatic hydroxyl groups excluding tert-OH is 7. The Morgan fingerprint density at radius 2 is 0.954 bits per heavy atom. The van der Waals surface area contributed by atoms with Crippen LogP contribution in [-0.4, -0.2) is 142 Å². The molecule has 382 valence electrons. The van der Waals surface area contributed by atoms with Crippen molar-refractivity contribution in [1.82, 2.24) is 0 Å². The first-order valence-electron chi connectivity index (χ1n) is 25.9. The van der Waals surface area contributed by atoms with Crippen molar-refractivity contribution in [2.75, 3.05) is 33.0 Å². The number of hydrogen-bond acceptors (Lipinski definition) is 14. The van der Waals surface area contributed by atoms with Gasteiger partial charge in [0.25, 0.3) is 0 Å². The fourth-order valence-electron chi connectivity index (χ4n) is 8.20. The Hall–Kier alpha value is -1.53. The molecule has 2 fully saturated rings. The summed E-state index contributed by atoms with van der Waals surface area (Å²) in [5.74, 6) is -0.377. The molecule has 2 aliphatic heterocycles. The average Bonchev–Trinajstić information content (AvgIpc) is 3.30. The van der Waals surface area contributed by atoms with E-state index in [2.05, 4.69) is 38.2 Å². The van der Waals surface area contributed by atoms with Crippen LogP contribution in [0.2, 0.25) is 0 Å². The molecule has 11 atom stereocenters. The maximum absolute atomic E-state index is 13.0. The number of aliphatic hydroxyl groups is 7. The first kappa shape index (κ1) is 59.6. The molecule has 0 bridgehead atoms. The van der Waals surface area contributed by atoms with Crippen molar-refractivity contribution in [3.05, 3.63) is 24.3 Å². The topological polar surface area (TPSA) is 214 Å². The van der Waals surface area contributed by atoms with Crippen molar-refractivity contribution >= 4 is 5.97 Å². The number of carbonyl (C=O) groups excluding carboxylic acids is 1. The van der Waals surface area contributed by atoms with Crippen LogP contribution in [0.3, 0.4) is 0 Å². The van der Waals surface area contributed by atoms with Gasteiger partial charge in [0.1, 0.15) is 54.9 Å². The number of ether oxygens (including phenoxy) is 6. The van der Waals surface area contributed by atoms with E-state index in [4.69, 9.17) is 28.4 Å². The van der Waals surface area contributed by atoms with Gasteiger partial charge in [-0.2, -0.15) is 0 Å². The molecule has 0 radical (unpaired) electrons. The Balaban J connectivity index is 1.73. The minimum atomic E-state index is -1.70. The van der Waals surface area contributed by atoms with Crippen LogP contribution in [0.1, 0.15) is 194 Å². The summed E-state index contributed by atoms with van der Waals surface area (Å²) < 4.78 is 34.3. The summed E-state index contributed by atoms with van der Waals surface area (Å²) >= 11 is 0. The fourth-order valence-corrected chi connectivity index (χ4v) is 8.20. The second-order valence-electron chi connectivity index (χ2n) is 18.3. The highest BCUT2D eigenvalue weighted by Gasteiger charge is 2.47. The zero-order valence-corrected chi connectivity index (χ0v) is 40.5. The molecule has 11 unspecified atom stereocenters. The van der Waals surface area contributed by atoms with Gasteiger partial charge in [0.05, 0.1) is 26.4 Å². The number of allylic oxidation sites excluding steroid dienone is 4. The monoisotopic (exact) mass is 931 g/mol. The lowest BCUT2D eigenvalue weighted by molar-refractivity contribution is -0.332. The highest BCUT2D eigenvalue weighted by molar-refractivity contribution is 5.69. The molecule has 7 N–H and O–H groups in total. The summed E-state index contributed by atoms with van der Waals surface area (Å²) in [5.41, 5.74) is 0. The molecule has 0 saturated carbocycles. The molecular weight excluding hydrogens is 837 g/mol. The van der Waals surface area contributed by atoms with Gasteiger partial charge in [-0.1, -0.05) is 167 Å². The van der Waals surface area contributed by atoms with Crippen LogP contribution in [0.5, 0.6) is 0 Å². The molecule has 0 aliphatic carbocycles. The van der Waals surface area contributed by atoms with E-state index >= 15 is 0 Å². The molecule has 2 saturated heterocycles. The van der Waals surface area contributed by atoms with Gasteiger partial charge in [0, 0.05) is 13.0 Å². The fraction of sp³-hybridized carbons (Fsp3) is 0.902. The summed E-state index contributed by atoms with van der Waals surface area (Å²) in [6.07, 6.45) is 25.3. The third-order valence-electron chi connectivity index (χ3n) is 12.5. The molecule has 2 heterocycles. The second-order valence-corrected chi connectivity index (χ2v) is 18.3. The third-order valence-corrected chi connectivity index (χ3v) is 12.5. The maximum Gasteiger partial charge on any atom is 0.306 e. The van der Waals surface area contributed by atoms with Crippen LogP contribution >= 0.6 is 0 Å². The SMILES string of the molecule is CCCCC/C=C\C/C=C\CCCCCCCCCCCCOCC(COC1OC(COC2OC(CO)C(O)C(O)C2O)C(O)C(O)C1O)OC(=O)CCCCCCCCCCCCC. The van der Waals surface area contributed by atoms with E-state index in [0.29, 0.717) is 13.0 Å². The molecule has 65 heavy (non-hydrogen) atoms. The second kappa shape index (κ2) is 39.3. The molecular formula is C51H94O14. The first-order chi connectivity index (χ1) is 31.6. The van der Waals surface area contributed by atoms with Crippen LogP contribution in [0.15, 0.2) is 24.3 Å². The van der Waals surface area contributed by atoms with Gasteiger partial charge in [-0.3, -0.25) is 4.79 Å². The lowest BCUT2D eigenvalue weighted by atomic mass is 9.98. The van der Waals surface area contributed by atoms with Gasteiger partial charge in [-0.25, -0.2) is 0 Å². The number of esters is 1. The summed E-state index contributed by atoms with van der Waals surface area (Å²) in [6, 6.07) is 0. The van der Waals surface area contributed by atoms with Gasteiger partial charge in [0.2, 0.25) is 0 Å². The van der Waals surface area contributed by atoms with Crippen LogP contribution in [0.4, 0.5) is 0 Å². The lowest BCUT2D eigenvalue weighted by Crippen LogP contribution is -2.61.